The van der Waals surface area contributed by atoms with Crippen molar-refractivity contribution in [3.63, 3.8) is 0 Å². The number of amides is 1. The minimum Gasteiger partial charge on any atom is -0.445 e. The number of ether oxygens (including phenoxy) is 1. The van der Waals surface area contributed by atoms with Gasteiger partial charge in [0.15, 0.2) is 0 Å². The van der Waals surface area contributed by atoms with Crippen molar-refractivity contribution >= 4 is 44.3 Å². The topological polar surface area (TPSA) is 106 Å². The summed E-state index contributed by atoms with van der Waals surface area (Å²) in [4.78, 5) is 27.0. The van der Waals surface area contributed by atoms with E-state index in [0.29, 0.717) is 23.1 Å². The molecule has 0 atom stereocenters. The molecule has 1 amide bonds. The van der Waals surface area contributed by atoms with Gasteiger partial charge in [0.2, 0.25) is 0 Å². The molecule has 0 radical (unpaired) electrons. The Balaban J connectivity index is 1.69. The third-order valence-electron chi connectivity index (χ3n) is 4.35. The van der Waals surface area contributed by atoms with Gasteiger partial charge in [-0.05, 0) is 50.1 Å². The Morgan fingerprint density at radius 2 is 1.84 bits per heavy atom. The second kappa shape index (κ2) is 9.30. The van der Waals surface area contributed by atoms with Crippen molar-refractivity contribution in [3.8, 4) is 0 Å². The number of alkyl carbamates (subject to hydrolysis) is 1. The number of nitrogens with one attached hydrogen (secondary N) is 2. The zero-order chi connectivity index (χ0) is 22.6. The van der Waals surface area contributed by atoms with Gasteiger partial charge in [0, 0.05) is 21.9 Å². The molecule has 2 aromatic carbocycles. The summed E-state index contributed by atoms with van der Waals surface area (Å²) in [6.45, 7) is 6.19. The monoisotopic (exact) mass is 486 g/mol. The third kappa shape index (κ3) is 6.14. The Morgan fingerprint density at radius 1 is 1.16 bits per heavy atom. The van der Waals surface area contributed by atoms with Crippen LogP contribution < -0.4 is 10.6 Å². The van der Waals surface area contributed by atoms with E-state index >= 15 is 0 Å². The number of halogens is 1. The molecular formula is C22H23BrN4O4. The first-order valence-corrected chi connectivity index (χ1v) is 10.4. The molecule has 0 unspecified atom stereocenters. The van der Waals surface area contributed by atoms with Crippen LogP contribution in [0, 0.1) is 10.1 Å². The fourth-order valence-corrected chi connectivity index (χ4v) is 3.26. The molecule has 0 spiro atoms. The summed E-state index contributed by atoms with van der Waals surface area (Å²) in [7, 11) is 0. The zero-order valence-corrected chi connectivity index (χ0v) is 19.0. The molecule has 8 nitrogen and oxygen atoms in total. The van der Waals surface area contributed by atoms with Crippen LogP contribution in [0.15, 0.2) is 53.1 Å². The van der Waals surface area contributed by atoms with E-state index in [9.17, 15) is 14.9 Å². The fraction of sp³-hybridized carbons (Fsp3) is 0.273. The van der Waals surface area contributed by atoms with Gasteiger partial charge in [0.1, 0.15) is 18.5 Å². The van der Waals surface area contributed by atoms with Gasteiger partial charge in [0.25, 0.3) is 0 Å². The number of fused-ring (bicyclic) bond motifs is 1. The number of hydrogen-bond acceptors (Lipinski definition) is 6. The molecular weight excluding hydrogens is 464 g/mol. The minimum absolute atomic E-state index is 0.0790. The first kappa shape index (κ1) is 22.5. The number of carbonyl (C=O) groups is 1. The number of hydrogen-bond donors (Lipinski definition) is 2. The molecule has 162 valence electrons. The lowest BCUT2D eigenvalue weighted by molar-refractivity contribution is -0.384. The van der Waals surface area contributed by atoms with Crippen molar-refractivity contribution in [2.75, 3.05) is 5.32 Å². The summed E-state index contributed by atoms with van der Waals surface area (Å²) in [5, 5.41) is 18.1. The number of benzene rings is 2. The van der Waals surface area contributed by atoms with Gasteiger partial charge >= 0.3 is 11.8 Å². The predicted molar refractivity (Wildman–Crippen MR) is 123 cm³/mol. The molecule has 0 bridgehead atoms. The summed E-state index contributed by atoms with van der Waals surface area (Å²) in [6.07, 6.45) is 0.793. The molecule has 1 heterocycles. The Morgan fingerprint density at radius 3 is 2.48 bits per heavy atom. The highest BCUT2D eigenvalue weighted by molar-refractivity contribution is 9.10. The quantitative estimate of drug-likeness (QED) is 0.349. The third-order valence-corrected chi connectivity index (χ3v) is 4.84. The van der Waals surface area contributed by atoms with E-state index in [1.54, 1.807) is 6.07 Å². The van der Waals surface area contributed by atoms with E-state index in [0.717, 1.165) is 15.6 Å². The van der Waals surface area contributed by atoms with Crippen LogP contribution in [0.5, 0.6) is 0 Å². The predicted octanol–water partition coefficient (Wildman–Crippen LogP) is 5.54. The Kier molecular flexibility index (Phi) is 6.74. The molecule has 9 heteroatoms. The smallest absolute Gasteiger partial charge is 0.407 e. The van der Waals surface area contributed by atoms with Crippen LogP contribution in [0.2, 0.25) is 0 Å². The van der Waals surface area contributed by atoms with Gasteiger partial charge < -0.3 is 15.4 Å². The lowest BCUT2D eigenvalue weighted by Gasteiger charge is -2.20. The highest BCUT2D eigenvalue weighted by atomic mass is 79.9. The number of anilines is 1. The van der Waals surface area contributed by atoms with Crippen LogP contribution >= 0.6 is 15.9 Å². The fourth-order valence-electron chi connectivity index (χ4n) is 2.92. The molecule has 0 aliphatic heterocycles. The van der Waals surface area contributed by atoms with Crippen molar-refractivity contribution in [1.82, 2.24) is 10.3 Å². The second-order valence-corrected chi connectivity index (χ2v) is 8.97. The SMILES string of the molecule is CC(C)(C)NC(=O)OCc1ccc(CNc2c([N+](=O)[O-])cnc3cc(Br)ccc23)cc1. The van der Waals surface area contributed by atoms with Crippen molar-refractivity contribution in [2.45, 2.75) is 39.5 Å². The summed E-state index contributed by atoms with van der Waals surface area (Å²) in [6, 6.07) is 12.9. The van der Waals surface area contributed by atoms with E-state index in [4.69, 9.17) is 4.74 Å². The van der Waals surface area contributed by atoms with Crippen molar-refractivity contribution in [2.24, 2.45) is 0 Å². The van der Waals surface area contributed by atoms with Gasteiger partial charge in [-0.15, -0.1) is 0 Å². The minimum atomic E-state index is -0.471. The van der Waals surface area contributed by atoms with E-state index < -0.39 is 11.0 Å². The van der Waals surface area contributed by atoms with Gasteiger partial charge in [-0.25, -0.2) is 9.78 Å². The molecule has 0 saturated heterocycles. The van der Waals surface area contributed by atoms with Crippen molar-refractivity contribution < 1.29 is 14.5 Å². The molecule has 2 N–H and O–H groups in total. The van der Waals surface area contributed by atoms with Gasteiger partial charge in [-0.3, -0.25) is 10.1 Å². The maximum absolute atomic E-state index is 11.8. The highest BCUT2D eigenvalue weighted by Crippen LogP contribution is 2.33. The number of rotatable bonds is 6. The van der Waals surface area contributed by atoms with E-state index in [1.807, 2.05) is 57.2 Å². The molecule has 3 rings (SSSR count). The lowest BCUT2D eigenvalue weighted by Crippen LogP contribution is -2.40. The summed E-state index contributed by atoms with van der Waals surface area (Å²) < 4.78 is 6.07. The number of nitro groups is 1. The average Bonchev–Trinajstić information content (AvgIpc) is 2.69. The first-order valence-electron chi connectivity index (χ1n) is 9.62. The molecule has 31 heavy (non-hydrogen) atoms. The van der Waals surface area contributed by atoms with E-state index in [2.05, 4.69) is 31.5 Å². The standard InChI is InChI=1S/C22H23BrN4O4/c1-22(2,3)26-21(28)31-13-15-6-4-14(5-7-15)11-25-20-17-9-8-16(23)10-18(17)24-12-19(20)27(29)30/h4-10,12H,11,13H2,1-3H3,(H,24,25)(H,26,28). The number of aromatic nitrogens is 1. The molecule has 0 aliphatic rings. The normalized spacial score (nSPS) is 11.2. The van der Waals surface area contributed by atoms with Crippen molar-refractivity contribution in [3.05, 3.63) is 74.4 Å². The first-order chi connectivity index (χ1) is 14.6. The zero-order valence-electron chi connectivity index (χ0n) is 17.4. The summed E-state index contributed by atoms with van der Waals surface area (Å²) in [5.41, 5.74) is 2.42. The summed E-state index contributed by atoms with van der Waals surface area (Å²) in [5.74, 6) is 0. The van der Waals surface area contributed by atoms with Crippen LogP contribution in [0.25, 0.3) is 10.9 Å². The van der Waals surface area contributed by atoms with E-state index in [1.165, 1.54) is 6.20 Å². The second-order valence-electron chi connectivity index (χ2n) is 8.06. The van der Waals surface area contributed by atoms with Crippen LogP contribution in [0.1, 0.15) is 31.9 Å². The maximum Gasteiger partial charge on any atom is 0.407 e. The van der Waals surface area contributed by atoms with Gasteiger partial charge in [-0.2, -0.15) is 0 Å². The molecule has 1 aromatic heterocycles. The Labute approximate surface area is 188 Å². The largest absolute Gasteiger partial charge is 0.445 e. The maximum atomic E-state index is 11.8. The molecule has 3 aromatic rings. The Hall–Kier alpha value is -3.20. The molecule has 0 aliphatic carbocycles. The number of nitrogens with zero attached hydrogens (tertiary/aromatic N) is 2. The Bertz CT molecular complexity index is 1110. The molecule has 0 saturated carbocycles. The van der Waals surface area contributed by atoms with Gasteiger partial charge in [0.05, 0.1) is 10.4 Å². The van der Waals surface area contributed by atoms with Crippen LogP contribution in [0.3, 0.4) is 0 Å². The van der Waals surface area contributed by atoms with E-state index in [-0.39, 0.29) is 17.8 Å². The average molecular weight is 487 g/mol. The number of carbonyl (C=O) groups excluding carboxylic acids is 1. The lowest BCUT2D eigenvalue weighted by atomic mass is 10.1. The molecule has 0 fully saturated rings. The van der Waals surface area contributed by atoms with Crippen LogP contribution in [-0.2, 0) is 17.9 Å². The number of pyridine rings is 1. The van der Waals surface area contributed by atoms with Crippen LogP contribution in [-0.4, -0.2) is 21.5 Å². The summed E-state index contributed by atoms with van der Waals surface area (Å²) >= 11 is 3.39. The van der Waals surface area contributed by atoms with Gasteiger partial charge in [-0.1, -0.05) is 40.2 Å². The highest BCUT2D eigenvalue weighted by Gasteiger charge is 2.18. The van der Waals surface area contributed by atoms with Crippen LogP contribution in [0.4, 0.5) is 16.2 Å². The van der Waals surface area contributed by atoms with Crippen molar-refractivity contribution in [1.29, 1.82) is 0 Å².